The Balaban J connectivity index is 2.09. The molecule has 0 saturated carbocycles. The van der Waals surface area contributed by atoms with Crippen LogP contribution in [-0.4, -0.2) is 31.7 Å². The van der Waals surface area contributed by atoms with Gasteiger partial charge in [-0.2, -0.15) is 0 Å². The molecule has 0 saturated heterocycles. The number of ether oxygens (including phenoxy) is 2. The van der Waals surface area contributed by atoms with E-state index in [0.29, 0.717) is 35.2 Å². The minimum atomic E-state index is -0.178. The summed E-state index contributed by atoms with van der Waals surface area (Å²) in [6, 6.07) is 13.2. The number of hydrogen-bond donors (Lipinski definition) is 1. The van der Waals surface area contributed by atoms with E-state index in [1.807, 2.05) is 36.4 Å². The van der Waals surface area contributed by atoms with Gasteiger partial charge in [-0.05, 0) is 47.7 Å². The van der Waals surface area contributed by atoms with Crippen LogP contribution in [0.1, 0.15) is 41.5 Å². The molecule has 1 N–H and O–H groups in total. The lowest BCUT2D eigenvalue weighted by atomic mass is 10.0. The van der Waals surface area contributed by atoms with Crippen molar-refractivity contribution in [3.8, 4) is 11.5 Å². The molecule has 0 fully saturated rings. The molecule has 0 spiro atoms. The standard InChI is InChI=1S/C23H25ClN2O3/c1-4-5-9-25-23(27)20-12-16-13-21(28-2)22(29-3)14-18(16)19(26-20)11-15-7-6-8-17(24)10-15/h6-8,10,12-14H,4-5,9,11H2,1-3H3,(H,25,27). The highest BCUT2D eigenvalue weighted by Crippen LogP contribution is 2.34. The largest absolute Gasteiger partial charge is 0.493 e. The second-order valence-electron chi connectivity index (χ2n) is 6.80. The Kier molecular flexibility index (Phi) is 6.94. The molecule has 5 nitrogen and oxygen atoms in total. The third-order valence-electron chi connectivity index (χ3n) is 4.72. The van der Waals surface area contributed by atoms with Gasteiger partial charge in [-0.15, -0.1) is 0 Å². The van der Waals surface area contributed by atoms with E-state index in [1.165, 1.54) is 0 Å². The molecule has 0 bridgehead atoms. The SMILES string of the molecule is CCCCNC(=O)c1cc2cc(OC)c(OC)cc2c(Cc2cccc(Cl)c2)n1. The number of halogens is 1. The number of pyridine rings is 1. The van der Waals surface area contributed by atoms with Gasteiger partial charge < -0.3 is 14.8 Å². The van der Waals surface area contributed by atoms with Crippen molar-refractivity contribution in [2.45, 2.75) is 26.2 Å². The molecule has 0 atom stereocenters. The number of fused-ring (bicyclic) bond motifs is 1. The van der Waals surface area contributed by atoms with E-state index in [-0.39, 0.29) is 5.91 Å². The zero-order valence-corrected chi connectivity index (χ0v) is 17.7. The summed E-state index contributed by atoms with van der Waals surface area (Å²) in [7, 11) is 3.19. The predicted octanol–water partition coefficient (Wildman–Crippen LogP) is 5.03. The number of hydrogen-bond acceptors (Lipinski definition) is 4. The van der Waals surface area contributed by atoms with Gasteiger partial charge in [0.1, 0.15) is 5.69 Å². The van der Waals surface area contributed by atoms with Crippen LogP contribution < -0.4 is 14.8 Å². The van der Waals surface area contributed by atoms with Crippen molar-refractivity contribution in [3.05, 3.63) is 64.4 Å². The van der Waals surface area contributed by atoms with Gasteiger partial charge in [0.2, 0.25) is 0 Å². The molecule has 0 radical (unpaired) electrons. The third kappa shape index (κ3) is 4.98. The Labute approximate surface area is 176 Å². The lowest BCUT2D eigenvalue weighted by molar-refractivity contribution is 0.0948. The van der Waals surface area contributed by atoms with Crippen LogP contribution >= 0.6 is 11.6 Å². The van der Waals surface area contributed by atoms with Gasteiger partial charge in [0.15, 0.2) is 11.5 Å². The summed E-state index contributed by atoms with van der Waals surface area (Å²) in [6.45, 7) is 2.72. The van der Waals surface area contributed by atoms with Gasteiger partial charge in [0.25, 0.3) is 5.91 Å². The number of nitrogens with zero attached hydrogens (tertiary/aromatic N) is 1. The molecular formula is C23H25ClN2O3. The molecule has 1 amide bonds. The molecule has 2 aromatic carbocycles. The fraction of sp³-hybridized carbons (Fsp3) is 0.304. The fourth-order valence-electron chi connectivity index (χ4n) is 3.21. The Morgan fingerprint density at radius 1 is 1.10 bits per heavy atom. The van der Waals surface area contributed by atoms with Crippen molar-refractivity contribution in [3.63, 3.8) is 0 Å². The van der Waals surface area contributed by atoms with E-state index in [1.54, 1.807) is 20.3 Å². The summed E-state index contributed by atoms with van der Waals surface area (Å²) in [6.07, 6.45) is 2.49. The zero-order chi connectivity index (χ0) is 20.8. The molecule has 152 valence electrons. The minimum absolute atomic E-state index is 0.178. The van der Waals surface area contributed by atoms with E-state index in [4.69, 9.17) is 21.1 Å². The van der Waals surface area contributed by atoms with Crippen molar-refractivity contribution >= 4 is 28.3 Å². The highest BCUT2D eigenvalue weighted by Gasteiger charge is 2.16. The van der Waals surface area contributed by atoms with Crippen molar-refractivity contribution in [1.82, 2.24) is 10.3 Å². The second kappa shape index (κ2) is 9.61. The number of methoxy groups -OCH3 is 2. The number of rotatable bonds is 8. The van der Waals surface area contributed by atoms with Crippen LogP contribution in [0.25, 0.3) is 10.8 Å². The first-order valence-corrected chi connectivity index (χ1v) is 10.0. The molecule has 0 unspecified atom stereocenters. The maximum absolute atomic E-state index is 12.6. The smallest absolute Gasteiger partial charge is 0.269 e. The van der Waals surface area contributed by atoms with E-state index in [2.05, 4.69) is 17.2 Å². The van der Waals surface area contributed by atoms with Crippen molar-refractivity contribution < 1.29 is 14.3 Å². The average molecular weight is 413 g/mol. The van der Waals surface area contributed by atoms with Crippen molar-refractivity contribution in [1.29, 1.82) is 0 Å². The maximum atomic E-state index is 12.6. The van der Waals surface area contributed by atoms with Crippen LogP contribution in [0, 0.1) is 0 Å². The molecule has 3 rings (SSSR count). The number of unbranched alkanes of at least 4 members (excludes halogenated alkanes) is 1. The summed E-state index contributed by atoms with van der Waals surface area (Å²) in [5.41, 5.74) is 2.19. The Morgan fingerprint density at radius 2 is 1.86 bits per heavy atom. The highest BCUT2D eigenvalue weighted by atomic mass is 35.5. The monoisotopic (exact) mass is 412 g/mol. The number of carbonyl (C=O) groups is 1. The van der Waals surface area contributed by atoms with Crippen LogP contribution in [0.15, 0.2) is 42.5 Å². The quantitative estimate of drug-likeness (QED) is 0.527. The first-order chi connectivity index (χ1) is 14.0. The van der Waals surface area contributed by atoms with Gasteiger partial charge >= 0.3 is 0 Å². The van der Waals surface area contributed by atoms with Gasteiger partial charge in [0.05, 0.1) is 19.9 Å². The molecular weight excluding hydrogens is 388 g/mol. The average Bonchev–Trinajstić information content (AvgIpc) is 2.72. The molecule has 3 aromatic rings. The van der Waals surface area contributed by atoms with Gasteiger partial charge in [-0.1, -0.05) is 37.1 Å². The molecule has 0 aliphatic carbocycles. The lowest BCUT2D eigenvalue weighted by Gasteiger charge is -2.14. The molecule has 1 heterocycles. The van der Waals surface area contributed by atoms with E-state index >= 15 is 0 Å². The molecule has 0 aliphatic heterocycles. The van der Waals surface area contributed by atoms with Crippen LogP contribution in [0.4, 0.5) is 0 Å². The van der Waals surface area contributed by atoms with Crippen LogP contribution in [0.2, 0.25) is 5.02 Å². The summed E-state index contributed by atoms with van der Waals surface area (Å²) < 4.78 is 10.9. The lowest BCUT2D eigenvalue weighted by Crippen LogP contribution is -2.25. The van der Waals surface area contributed by atoms with Crippen LogP contribution in [0.5, 0.6) is 11.5 Å². The summed E-state index contributed by atoms with van der Waals surface area (Å²) in [4.78, 5) is 17.3. The molecule has 29 heavy (non-hydrogen) atoms. The first-order valence-electron chi connectivity index (χ1n) is 9.64. The van der Waals surface area contributed by atoms with Gasteiger partial charge in [-0.3, -0.25) is 4.79 Å². The predicted molar refractivity (Wildman–Crippen MR) is 116 cm³/mol. The molecule has 0 aliphatic rings. The number of aromatic nitrogens is 1. The molecule has 6 heteroatoms. The van der Waals surface area contributed by atoms with Crippen molar-refractivity contribution in [2.75, 3.05) is 20.8 Å². The number of carbonyl (C=O) groups excluding carboxylic acids is 1. The summed E-state index contributed by atoms with van der Waals surface area (Å²) >= 11 is 6.15. The highest BCUT2D eigenvalue weighted by molar-refractivity contribution is 6.30. The van der Waals surface area contributed by atoms with Gasteiger partial charge in [-0.25, -0.2) is 4.98 Å². The van der Waals surface area contributed by atoms with E-state index < -0.39 is 0 Å². The van der Waals surface area contributed by atoms with E-state index in [9.17, 15) is 4.79 Å². The Bertz CT molecular complexity index is 1020. The van der Waals surface area contributed by atoms with Gasteiger partial charge in [0, 0.05) is 23.4 Å². The third-order valence-corrected chi connectivity index (χ3v) is 4.96. The number of benzene rings is 2. The zero-order valence-electron chi connectivity index (χ0n) is 16.9. The minimum Gasteiger partial charge on any atom is -0.493 e. The van der Waals surface area contributed by atoms with Crippen LogP contribution in [-0.2, 0) is 6.42 Å². The van der Waals surface area contributed by atoms with E-state index in [0.717, 1.165) is 34.9 Å². The second-order valence-corrected chi connectivity index (χ2v) is 7.24. The topological polar surface area (TPSA) is 60.5 Å². The van der Waals surface area contributed by atoms with Crippen molar-refractivity contribution in [2.24, 2.45) is 0 Å². The normalized spacial score (nSPS) is 10.8. The first kappa shape index (κ1) is 20.9. The Hall–Kier alpha value is -2.79. The maximum Gasteiger partial charge on any atom is 0.269 e. The molecule has 1 aromatic heterocycles. The Morgan fingerprint density at radius 3 is 2.55 bits per heavy atom. The summed E-state index contributed by atoms with van der Waals surface area (Å²) in [5.74, 6) is 1.05. The van der Waals surface area contributed by atoms with Crippen LogP contribution in [0.3, 0.4) is 0 Å². The fourth-order valence-corrected chi connectivity index (χ4v) is 3.42. The summed E-state index contributed by atoms with van der Waals surface area (Å²) in [5, 5.41) is 5.38. The number of amides is 1. The number of nitrogens with one attached hydrogen (secondary N) is 1.